The summed E-state index contributed by atoms with van der Waals surface area (Å²) in [5.74, 6) is -3.49. The molecule has 5 nitrogen and oxygen atoms in total. The summed E-state index contributed by atoms with van der Waals surface area (Å²) in [5, 5.41) is 17.9. The van der Waals surface area contributed by atoms with Gasteiger partial charge in [0.25, 0.3) is 5.78 Å². The van der Waals surface area contributed by atoms with Gasteiger partial charge < -0.3 is 14.9 Å². The van der Waals surface area contributed by atoms with E-state index in [-0.39, 0.29) is 16.3 Å². The van der Waals surface area contributed by atoms with Crippen LogP contribution in [0.1, 0.15) is 10.4 Å². The van der Waals surface area contributed by atoms with Crippen LogP contribution in [0.3, 0.4) is 0 Å². The van der Waals surface area contributed by atoms with Crippen molar-refractivity contribution in [2.45, 2.75) is 0 Å². The quantitative estimate of drug-likeness (QED) is 0.604. The van der Waals surface area contributed by atoms with Gasteiger partial charge in [-0.2, -0.15) is 0 Å². The summed E-state index contributed by atoms with van der Waals surface area (Å²) in [6, 6.07) is 2.40. The third kappa shape index (κ3) is 2.02. The van der Waals surface area contributed by atoms with Crippen molar-refractivity contribution in [3.8, 4) is 11.5 Å². The van der Waals surface area contributed by atoms with Gasteiger partial charge in [0.2, 0.25) is 0 Å². The average Bonchev–Trinajstić information content (AvgIpc) is 2.20. The molecule has 15 heavy (non-hydrogen) atoms. The molecule has 0 unspecified atom stereocenters. The third-order valence-electron chi connectivity index (χ3n) is 1.73. The van der Waals surface area contributed by atoms with Crippen LogP contribution >= 0.6 is 11.6 Å². The minimum Gasteiger partial charge on any atom is -0.503 e. The number of hydrogen-bond acceptors (Lipinski definition) is 4. The highest BCUT2D eigenvalue weighted by Gasteiger charge is 2.22. The van der Waals surface area contributed by atoms with Crippen molar-refractivity contribution in [3.05, 3.63) is 22.7 Å². The standard InChI is InChI=1S/C9H7ClO5/c1-15-8-4(6(11)9(13)14)2-3-5(10)7(8)12/h2-3,12H,1H3,(H,13,14). The number of halogens is 1. The number of carbonyl (C=O) groups is 2. The van der Waals surface area contributed by atoms with E-state index in [1.165, 1.54) is 19.2 Å². The molecular weight excluding hydrogens is 224 g/mol. The fourth-order valence-corrected chi connectivity index (χ4v) is 1.20. The largest absolute Gasteiger partial charge is 0.503 e. The predicted octanol–water partition coefficient (Wildman–Crippen LogP) is 1.32. The Kier molecular flexibility index (Phi) is 3.16. The van der Waals surface area contributed by atoms with Gasteiger partial charge in [0.15, 0.2) is 11.5 Å². The molecule has 2 N–H and O–H groups in total. The Bertz CT molecular complexity index is 427. The molecule has 0 atom stereocenters. The summed E-state index contributed by atoms with van der Waals surface area (Å²) in [7, 11) is 1.20. The highest BCUT2D eigenvalue weighted by Crippen LogP contribution is 2.36. The second-order valence-corrected chi connectivity index (χ2v) is 3.02. The van der Waals surface area contributed by atoms with E-state index in [1.54, 1.807) is 0 Å². The molecule has 0 spiro atoms. The van der Waals surface area contributed by atoms with Crippen LogP contribution in [-0.2, 0) is 4.79 Å². The molecule has 0 heterocycles. The van der Waals surface area contributed by atoms with Gasteiger partial charge >= 0.3 is 5.97 Å². The number of carboxylic acid groups (broad SMARTS) is 1. The maximum absolute atomic E-state index is 11.2. The molecule has 80 valence electrons. The Hall–Kier alpha value is -1.75. The fraction of sp³-hybridized carbons (Fsp3) is 0.111. The molecule has 6 heteroatoms. The van der Waals surface area contributed by atoms with Gasteiger partial charge in [-0.05, 0) is 12.1 Å². The minimum atomic E-state index is -1.63. The summed E-state index contributed by atoms with van der Waals surface area (Å²) in [5.41, 5.74) is -0.244. The molecule has 0 bridgehead atoms. The second-order valence-electron chi connectivity index (χ2n) is 2.61. The summed E-state index contributed by atoms with van der Waals surface area (Å²) in [6.07, 6.45) is 0. The van der Waals surface area contributed by atoms with E-state index in [9.17, 15) is 14.7 Å². The number of hydrogen-bond donors (Lipinski definition) is 2. The molecule has 0 amide bonds. The third-order valence-corrected chi connectivity index (χ3v) is 2.03. The van der Waals surface area contributed by atoms with Crippen LogP contribution in [0.5, 0.6) is 11.5 Å². The molecule has 1 rings (SSSR count). The maximum atomic E-state index is 11.2. The number of aromatic hydroxyl groups is 1. The van der Waals surface area contributed by atoms with Gasteiger partial charge in [0.05, 0.1) is 17.7 Å². The Morgan fingerprint density at radius 3 is 2.47 bits per heavy atom. The lowest BCUT2D eigenvalue weighted by Crippen LogP contribution is -2.13. The summed E-state index contributed by atoms with van der Waals surface area (Å²) in [4.78, 5) is 21.6. The smallest absolute Gasteiger partial charge is 0.377 e. The van der Waals surface area contributed by atoms with Crippen LogP contribution in [-0.4, -0.2) is 29.1 Å². The number of aliphatic carboxylic acids is 1. The summed E-state index contributed by atoms with van der Waals surface area (Å²) in [6.45, 7) is 0. The minimum absolute atomic E-state index is 0.0196. The van der Waals surface area contributed by atoms with Crippen molar-refractivity contribution < 1.29 is 24.5 Å². The first-order valence-electron chi connectivity index (χ1n) is 3.82. The molecule has 0 saturated heterocycles. The summed E-state index contributed by atoms with van der Waals surface area (Å²) >= 11 is 5.56. The number of phenolic OH excluding ortho intramolecular Hbond substituents is 1. The highest BCUT2D eigenvalue weighted by molar-refractivity contribution is 6.41. The number of carboxylic acids is 1. The van der Waals surface area contributed by atoms with E-state index in [0.29, 0.717) is 0 Å². The van der Waals surface area contributed by atoms with Gasteiger partial charge in [-0.1, -0.05) is 11.6 Å². The monoisotopic (exact) mass is 230 g/mol. The molecule has 0 fully saturated rings. The maximum Gasteiger partial charge on any atom is 0.377 e. The average molecular weight is 231 g/mol. The zero-order valence-corrected chi connectivity index (χ0v) is 8.41. The number of benzene rings is 1. The normalized spacial score (nSPS) is 9.73. The van der Waals surface area contributed by atoms with Crippen LogP contribution in [0, 0.1) is 0 Å². The van der Waals surface area contributed by atoms with Crippen molar-refractivity contribution in [2.24, 2.45) is 0 Å². The van der Waals surface area contributed by atoms with Crippen molar-refractivity contribution in [3.63, 3.8) is 0 Å². The fourth-order valence-electron chi connectivity index (χ4n) is 1.05. The zero-order chi connectivity index (χ0) is 11.6. The number of methoxy groups -OCH3 is 1. The molecule has 0 aliphatic heterocycles. The Morgan fingerprint density at radius 2 is 2.00 bits per heavy atom. The SMILES string of the molecule is COc1c(C(=O)C(=O)O)ccc(Cl)c1O. The highest BCUT2D eigenvalue weighted by atomic mass is 35.5. The van der Waals surface area contributed by atoms with Gasteiger partial charge in [-0.15, -0.1) is 0 Å². The lowest BCUT2D eigenvalue weighted by molar-refractivity contribution is -0.131. The predicted molar refractivity (Wildman–Crippen MR) is 51.6 cm³/mol. The first kappa shape index (κ1) is 11.3. The van der Waals surface area contributed by atoms with Gasteiger partial charge in [-0.3, -0.25) is 4.79 Å². The van der Waals surface area contributed by atoms with Gasteiger partial charge in [0.1, 0.15) is 0 Å². The number of Topliss-reactive ketones (excluding diaryl/α,β-unsaturated/α-hetero) is 1. The lowest BCUT2D eigenvalue weighted by atomic mass is 10.1. The molecule has 0 aliphatic rings. The number of ether oxygens (including phenoxy) is 1. The number of ketones is 1. The van der Waals surface area contributed by atoms with Crippen molar-refractivity contribution in [1.29, 1.82) is 0 Å². The van der Waals surface area contributed by atoms with Gasteiger partial charge in [0, 0.05) is 0 Å². The zero-order valence-electron chi connectivity index (χ0n) is 7.65. The molecule has 0 aliphatic carbocycles. The van der Waals surface area contributed by atoms with E-state index < -0.39 is 17.5 Å². The molecule has 1 aromatic carbocycles. The topological polar surface area (TPSA) is 83.8 Å². The molecule has 0 saturated carbocycles. The van der Waals surface area contributed by atoms with Gasteiger partial charge in [-0.25, -0.2) is 4.79 Å². The Labute approximate surface area is 89.9 Å². The van der Waals surface area contributed by atoms with E-state index in [4.69, 9.17) is 21.4 Å². The van der Waals surface area contributed by atoms with Crippen molar-refractivity contribution in [2.75, 3.05) is 7.11 Å². The first-order valence-corrected chi connectivity index (χ1v) is 4.20. The van der Waals surface area contributed by atoms with Crippen LogP contribution < -0.4 is 4.74 Å². The van der Waals surface area contributed by atoms with Crippen molar-refractivity contribution >= 4 is 23.4 Å². The van der Waals surface area contributed by atoms with Crippen LogP contribution in [0.2, 0.25) is 5.02 Å². The van der Waals surface area contributed by atoms with Crippen molar-refractivity contribution in [1.82, 2.24) is 0 Å². The summed E-state index contributed by atoms with van der Waals surface area (Å²) < 4.78 is 4.71. The molecule has 0 aromatic heterocycles. The molecule has 0 radical (unpaired) electrons. The number of rotatable bonds is 3. The molecular formula is C9H7ClO5. The van der Waals surface area contributed by atoms with E-state index >= 15 is 0 Å². The van der Waals surface area contributed by atoms with Crippen LogP contribution in [0.25, 0.3) is 0 Å². The lowest BCUT2D eigenvalue weighted by Gasteiger charge is -2.08. The Balaban J connectivity index is 3.37. The number of phenols is 1. The molecule has 1 aromatic rings. The Morgan fingerprint density at radius 1 is 1.40 bits per heavy atom. The number of carbonyl (C=O) groups excluding carboxylic acids is 1. The van der Waals surface area contributed by atoms with Crippen LogP contribution in [0.15, 0.2) is 12.1 Å². The first-order chi connectivity index (χ1) is 6.99. The van der Waals surface area contributed by atoms with E-state index in [1.807, 2.05) is 0 Å². The second kappa shape index (κ2) is 4.18. The van der Waals surface area contributed by atoms with Crippen LogP contribution in [0.4, 0.5) is 0 Å². The van der Waals surface area contributed by atoms with E-state index in [0.717, 1.165) is 0 Å². The van der Waals surface area contributed by atoms with E-state index in [2.05, 4.69) is 0 Å².